The highest BCUT2D eigenvalue weighted by molar-refractivity contribution is 7.20. The van der Waals surface area contributed by atoms with Gasteiger partial charge in [-0.05, 0) is 32.3 Å². The standard InChI is InChI=1S/C16H21N3O2S/c1-3-21-16(20)13-10(2)12-14(17-9-18-15(12)22-13)19-11-7-5-4-6-8-11/h9,11H,3-8H2,1-2H3,(H,17,18,19). The lowest BCUT2D eigenvalue weighted by molar-refractivity contribution is 0.0531. The van der Waals surface area contributed by atoms with Crippen molar-refractivity contribution in [2.24, 2.45) is 0 Å². The molecule has 118 valence electrons. The van der Waals surface area contributed by atoms with Crippen LogP contribution in [0.1, 0.15) is 54.3 Å². The van der Waals surface area contributed by atoms with Crippen LogP contribution in [0.3, 0.4) is 0 Å². The molecular weight excluding hydrogens is 298 g/mol. The molecule has 0 atom stereocenters. The molecule has 0 spiro atoms. The van der Waals surface area contributed by atoms with Crippen molar-refractivity contribution in [3.63, 3.8) is 0 Å². The molecule has 0 radical (unpaired) electrons. The van der Waals surface area contributed by atoms with Crippen LogP contribution in [0.25, 0.3) is 10.2 Å². The summed E-state index contributed by atoms with van der Waals surface area (Å²) >= 11 is 1.38. The maximum absolute atomic E-state index is 12.1. The molecule has 22 heavy (non-hydrogen) atoms. The summed E-state index contributed by atoms with van der Waals surface area (Å²) in [5, 5.41) is 4.51. The van der Waals surface area contributed by atoms with Gasteiger partial charge in [-0.25, -0.2) is 14.8 Å². The Kier molecular flexibility index (Phi) is 4.57. The maximum atomic E-state index is 12.1. The van der Waals surface area contributed by atoms with Crippen LogP contribution < -0.4 is 5.32 Å². The van der Waals surface area contributed by atoms with Crippen LogP contribution in [0.5, 0.6) is 0 Å². The lowest BCUT2D eigenvalue weighted by Gasteiger charge is -2.23. The van der Waals surface area contributed by atoms with Crippen LogP contribution in [-0.2, 0) is 4.74 Å². The van der Waals surface area contributed by atoms with E-state index in [2.05, 4.69) is 15.3 Å². The Morgan fingerprint density at radius 1 is 1.36 bits per heavy atom. The second-order valence-electron chi connectivity index (χ2n) is 5.66. The number of ether oxygens (including phenoxy) is 1. The fourth-order valence-electron chi connectivity index (χ4n) is 3.01. The first-order valence-electron chi connectivity index (χ1n) is 7.88. The van der Waals surface area contributed by atoms with Gasteiger partial charge in [-0.15, -0.1) is 11.3 Å². The van der Waals surface area contributed by atoms with E-state index in [0.29, 0.717) is 17.5 Å². The highest BCUT2D eigenvalue weighted by atomic mass is 32.1. The van der Waals surface area contributed by atoms with Crippen LogP contribution in [-0.4, -0.2) is 28.6 Å². The number of fused-ring (bicyclic) bond motifs is 1. The molecule has 1 saturated carbocycles. The van der Waals surface area contributed by atoms with Gasteiger partial charge in [-0.1, -0.05) is 19.3 Å². The van der Waals surface area contributed by atoms with Crippen molar-refractivity contribution in [3.05, 3.63) is 16.8 Å². The summed E-state index contributed by atoms with van der Waals surface area (Å²) < 4.78 is 5.13. The quantitative estimate of drug-likeness (QED) is 0.865. The molecule has 0 amide bonds. The van der Waals surface area contributed by atoms with E-state index in [1.54, 1.807) is 6.33 Å². The Morgan fingerprint density at radius 2 is 2.14 bits per heavy atom. The van der Waals surface area contributed by atoms with Gasteiger partial charge in [0.15, 0.2) is 0 Å². The molecule has 1 N–H and O–H groups in total. The number of aryl methyl sites for hydroxylation is 1. The van der Waals surface area contributed by atoms with E-state index >= 15 is 0 Å². The summed E-state index contributed by atoms with van der Waals surface area (Å²) in [6.45, 7) is 4.14. The Morgan fingerprint density at radius 3 is 2.86 bits per heavy atom. The third kappa shape index (κ3) is 2.92. The smallest absolute Gasteiger partial charge is 0.348 e. The van der Waals surface area contributed by atoms with Crippen molar-refractivity contribution in [3.8, 4) is 0 Å². The zero-order valence-electron chi connectivity index (χ0n) is 13.0. The molecule has 0 bridgehead atoms. The van der Waals surface area contributed by atoms with E-state index in [0.717, 1.165) is 21.6 Å². The van der Waals surface area contributed by atoms with Crippen molar-refractivity contribution in [2.75, 3.05) is 11.9 Å². The summed E-state index contributed by atoms with van der Waals surface area (Å²) in [6.07, 6.45) is 7.78. The molecule has 1 fully saturated rings. The molecule has 0 unspecified atom stereocenters. The first-order valence-corrected chi connectivity index (χ1v) is 8.70. The number of esters is 1. The van der Waals surface area contributed by atoms with Crippen LogP contribution in [0.2, 0.25) is 0 Å². The molecule has 1 aliphatic carbocycles. The van der Waals surface area contributed by atoms with Gasteiger partial charge in [-0.3, -0.25) is 0 Å². The maximum Gasteiger partial charge on any atom is 0.348 e. The minimum absolute atomic E-state index is 0.272. The van der Waals surface area contributed by atoms with Crippen LogP contribution in [0.4, 0.5) is 5.82 Å². The molecular formula is C16H21N3O2S. The minimum atomic E-state index is -0.272. The van der Waals surface area contributed by atoms with Gasteiger partial charge in [0.1, 0.15) is 21.9 Å². The Labute approximate surface area is 134 Å². The number of aromatic nitrogens is 2. The molecule has 6 heteroatoms. The summed E-state index contributed by atoms with van der Waals surface area (Å²) in [5.74, 6) is 0.577. The molecule has 3 rings (SSSR count). The first kappa shape index (κ1) is 15.2. The van der Waals surface area contributed by atoms with Gasteiger partial charge in [0.2, 0.25) is 0 Å². The van der Waals surface area contributed by atoms with Gasteiger partial charge in [0.05, 0.1) is 12.0 Å². The molecule has 0 saturated heterocycles. The summed E-state index contributed by atoms with van der Waals surface area (Å²) in [4.78, 5) is 22.3. The molecule has 2 heterocycles. The average Bonchev–Trinajstić information content (AvgIpc) is 2.87. The summed E-state index contributed by atoms with van der Waals surface area (Å²) in [5.41, 5.74) is 0.914. The van der Waals surface area contributed by atoms with E-state index in [-0.39, 0.29) is 5.97 Å². The lowest BCUT2D eigenvalue weighted by atomic mass is 9.95. The summed E-state index contributed by atoms with van der Waals surface area (Å²) in [6, 6.07) is 0.470. The van der Waals surface area contributed by atoms with Crippen molar-refractivity contribution in [1.29, 1.82) is 0 Å². The number of nitrogens with zero attached hydrogens (tertiary/aromatic N) is 2. The number of carbonyl (C=O) groups is 1. The topological polar surface area (TPSA) is 64.1 Å². The molecule has 2 aromatic heterocycles. The van der Waals surface area contributed by atoms with Crippen molar-refractivity contribution in [2.45, 2.75) is 52.0 Å². The molecule has 0 aliphatic heterocycles. The molecule has 0 aromatic carbocycles. The number of anilines is 1. The fourth-order valence-corrected chi connectivity index (χ4v) is 4.06. The summed E-state index contributed by atoms with van der Waals surface area (Å²) in [7, 11) is 0. The Bertz CT molecular complexity index is 677. The van der Waals surface area contributed by atoms with Crippen molar-refractivity contribution in [1.82, 2.24) is 9.97 Å². The average molecular weight is 319 g/mol. The van der Waals surface area contributed by atoms with E-state index in [1.165, 1.54) is 43.4 Å². The van der Waals surface area contributed by atoms with E-state index in [9.17, 15) is 4.79 Å². The second-order valence-corrected chi connectivity index (χ2v) is 6.66. The third-order valence-corrected chi connectivity index (χ3v) is 5.31. The SMILES string of the molecule is CCOC(=O)c1sc2ncnc(NC3CCCCC3)c2c1C. The zero-order chi connectivity index (χ0) is 15.5. The number of nitrogens with one attached hydrogen (secondary N) is 1. The Balaban J connectivity index is 1.95. The van der Waals surface area contributed by atoms with E-state index in [1.807, 2.05) is 13.8 Å². The predicted octanol–water partition coefficient (Wildman–Crippen LogP) is 3.92. The second kappa shape index (κ2) is 6.60. The van der Waals surface area contributed by atoms with Gasteiger partial charge in [0.25, 0.3) is 0 Å². The minimum Gasteiger partial charge on any atom is -0.462 e. The largest absolute Gasteiger partial charge is 0.462 e. The number of rotatable bonds is 4. The highest BCUT2D eigenvalue weighted by Crippen LogP contribution is 2.34. The van der Waals surface area contributed by atoms with Gasteiger partial charge < -0.3 is 10.1 Å². The third-order valence-electron chi connectivity index (χ3n) is 4.13. The van der Waals surface area contributed by atoms with Crippen LogP contribution >= 0.6 is 11.3 Å². The zero-order valence-corrected chi connectivity index (χ0v) is 13.8. The lowest BCUT2D eigenvalue weighted by Crippen LogP contribution is -2.23. The Hall–Kier alpha value is -1.69. The predicted molar refractivity (Wildman–Crippen MR) is 88.6 cm³/mol. The highest BCUT2D eigenvalue weighted by Gasteiger charge is 2.21. The first-order chi connectivity index (χ1) is 10.7. The number of carbonyl (C=O) groups excluding carboxylic acids is 1. The van der Waals surface area contributed by atoms with Crippen molar-refractivity contribution < 1.29 is 9.53 Å². The van der Waals surface area contributed by atoms with Gasteiger partial charge in [0, 0.05) is 6.04 Å². The fraction of sp³-hybridized carbons (Fsp3) is 0.562. The van der Waals surface area contributed by atoms with Crippen LogP contribution in [0.15, 0.2) is 6.33 Å². The molecule has 1 aliphatic rings. The molecule has 2 aromatic rings. The number of hydrogen-bond acceptors (Lipinski definition) is 6. The van der Waals surface area contributed by atoms with E-state index in [4.69, 9.17) is 4.74 Å². The number of hydrogen-bond donors (Lipinski definition) is 1. The van der Waals surface area contributed by atoms with Crippen LogP contribution in [0, 0.1) is 6.92 Å². The normalized spacial score (nSPS) is 15.9. The van der Waals surface area contributed by atoms with E-state index < -0.39 is 0 Å². The number of thiophene rings is 1. The molecule has 5 nitrogen and oxygen atoms in total. The van der Waals surface area contributed by atoms with Crippen molar-refractivity contribution >= 4 is 33.3 Å². The van der Waals surface area contributed by atoms with Gasteiger partial charge >= 0.3 is 5.97 Å². The van der Waals surface area contributed by atoms with Gasteiger partial charge in [-0.2, -0.15) is 0 Å². The monoisotopic (exact) mass is 319 g/mol.